The minimum absolute atomic E-state index is 0.258. The zero-order valence-electron chi connectivity index (χ0n) is 9.62. The van der Waals surface area contributed by atoms with Crippen LogP contribution in [0.4, 0.5) is 0 Å². The van der Waals surface area contributed by atoms with Gasteiger partial charge < -0.3 is 9.64 Å². The lowest BCUT2D eigenvalue weighted by Gasteiger charge is -2.50. The van der Waals surface area contributed by atoms with Crippen molar-refractivity contribution >= 4 is 0 Å². The van der Waals surface area contributed by atoms with E-state index in [0.29, 0.717) is 5.92 Å². The fourth-order valence-corrected chi connectivity index (χ4v) is 3.53. The van der Waals surface area contributed by atoms with Crippen LogP contribution in [0.2, 0.25) is 0 Å². The Morgan fingerprint density at radius 1 is 1.24 bits per heavy atom. The summed E-state index contributed by atoms with van der Waals surface area (Å²) in [5, 5.41) is 0. The Kier molecular flexibility index (Phi) is 1.92. The Labute approximate surface area is 100 Å². The Balaban J connectivity index is 1.61. The number of nitrogens with zero attached hydrogens (tertiary/aromatic N) is 3. The predicted molar refractivity (Wildman–Crippen MR) is 62.3 cm³/mol. The number of ether oxygens (including phenoxy) is 1. The maximum Gasteiger partial charge on any atom is 0.156 e. The molecule has 88 valence electrons. The normalized spacial score (nSPS) is 33.8. The summed E-state index contributed by atoms with van der Waals surface area (Å²) in [6, 6.07) is 0. The van der Waals surface area contributed by atoms with Gasteiger partial charge in [-0.05, 0) is 24.3 Å². The minimum Gasteiger partial charge on any atom is -0.482 e. The van der Waals surface area contributed by atoms with Crippen LogP contribution >= 0.6 is 0 Å². The molecule has 0 N–H and O–H groups in total. The molecule has 4 nitrogen and oxygen atoms in total. The summed E-state index contributed by atoms with van der Waals surface area (Å²) in [6.45, 7) is 2.40. The van der Waals surface area contributed by atoms with E-state index in [2.05, 4.69) is 21.1 Å². The third-order valence-electron chi connectivity index (χ3n) is 4.06. The number of aromatic nitrogens is 2. The van der Waals surface area contributed by atoms with Crippen LogP contribution in [-0.4, -0.2) is 34.1 Å². The number of rotatable bonds is 2. The van der Waals surface area contributed by atoms with Gasteiger partial charge in [0.1, 0.15) is 12.4 Å². The number of hydrogen-bond acceptors (Lipinski definition) is 4. The summed E-state index contributed by atoms with van der Waals surface area (Å²) < 4.78 is 6.07. The molecule has 3 atom stereocenters. The van der Waals surface area contributed by atoms with Crippen molar-refractivity contribution in [2.45, 2.75) is 18.9 Å². The zero-order chi connectivity index (χ0) is 11.2. The van der Waals surface area contributed by atoms with E-state index in [0.717, 1.165) is 18.2 Å². The van der Waals surface area contributed by atoms with Gasteiger partial charge in [-0.1, -0.05) is 0 Å². The van der Waals surface area contributed by atoms with Gasteiger partial charge in [-0.15, -0.1) is 0 Å². The van der Waals surface area contributed by atoms with E-state index in [4.69, 9.17) is 4.74 Å². The van der Waals surface area contributed by atoms with Gasteiger partial charge >= 0.3 is 0 Å². The molecule has 4 bridgehead atoms. The monoisotopic (exact) mass is 229 g/mol. The standard InChI is InChI=1S/C13H15N3O/c1-9-2-11-7-16(5-9)6-10(1)13(11)17-12-3-14-8-15-4-12/h3-4,6,8-9,11,13H,1-2,5,7H2/t9?,11?,13-/m1/s1. The molecule has 4 heteroatoms. The minimum atomic E-state index is 0.258. The second-order valence-electron chi connectivity index (χ2n) is 5.34. The van der Waals surface area contributed by atoms with E-state index >= 15 is 0 Å². The molecule has 4 aliphatic rings. The van der Waals surface area contributed by atoms with E-state index in [9.17, 15) is 0 Å². The molecule has 0 radical (unpaired) electrons. The van der Waals surface area contributed by atoms with E-state index < -0.39 is 0 Å². The fourth-order valence-electron chi connectivity index (χ4n) is 3.53. The van der Waals surface area contributed by atoms with Gasteiger partial charge in [-0.2, -0.15) is 0 Å². The third-order valence-corrected chi connectivity index (χ3v) is 4.06. The van der Waals surface area contributed by atoms with Gasteiger partial charge in [0, 0.05) is 25.2 Å². The number of piperidine rings is 1. The maximum absolute atomic E-state index is 6.07. The highest BCUT2D eigenvalue weighted by molar-refractivity contribution is 5.24. The molecule has 1 aromatic rings. The Hall–Kier alpha value is -1.58. The smallest absolute Gasteiger partial charge is 0.156 e. The van der Waals surface area contributed by atoms with Crippen LogP contribution in [0.5, 0.6) is 5.75 Å². The van der Waals surface area contributed by atoms with Crippen molar-refractivity contribution in [3.8, 4) is 5.75 Å². The van der Waals surface area contributed by atoms with Crippen molar-refractivity contribution in [3.63, 3.8) is 0 Å². The molecule has 1 aliphatic carbocycles. The van der Waals surface area contributed by atoms with Crippen molar-refractivity contribution in [2.24, 2.45) is 11.8 Å². The molecule has 3 aliphatic heterocycles. The van der Waals surface area contributed by atoms with Gasteiger partial charge in [0.25, 0.3) is 0 Å². The molecule has 2 fully saturated rings. The Morgan fingerprint density at radius 2 is 2.12 bits per heavy atom. The summed E-state index contributed by atoms with van der Waals surface area (Å²) in [4.78, 5) is 10.5. The average molecular weight is 229 g/mol. The topological polar surface area (TPSA) is 38.2 Å². The predicted octanol–water partition coefficient (Wildman–Crippen LogP) is 1.46. The van der Waals surface area contributed by atoms with Crippen molar-refractivity contribution in [1.82, 2.24) is 14.9 Å². The van der Waals surface area contributed by atoms with Crippen LogP contribution in [0.1, 0.15) is 12.8 Å². The fraction of sp³-hybridized carbons (Fsp3) is 0.538. The average Bonchev–Trinajstić information content (AvgIpc) is 2.34. The van der Waals surface area contributed by atoms with E-state index in [1.807, 2.05) is 0 Å². The second-order valence-corrected chi connectivity index (χ2v) is 5.34. The largest absolute Gasteiger partial charge is 0.482 e. The van der Waals surface area contributed by atoms with Crippen LogP contribution in [0, 0.1) is 11.8 Å². The van der Waals surface area contributed by atoms with E-state index in [-0.39, 0.29) is 6.10 Å². The first-order chi connectivity index (χ1) is 8.38. The first-order valence-corrected chi connectivity index (χ1v) is 6.25. The molecule has 1 saturated heterocycles. The number of hydrogen-bond donors (Lipinski definition) is 0. The van der Waals surface area contributed by atoms with Gasteiger partial charge in [0.05, 0.1) is 12.4 Å². The van der Waals surface area contributed by atoms with Crippen LogP contribution in [0.15, 0.2) is 30.5 Å². The van der Waals surface area contributed by atoms with Gasteiger partial charge in [0.2, 0.25) is 0 Å². The summed E-state index contributed by atoms with van der Waals surface area (Å²) in [6.07, 6.45) is 10.1. The lowest BCUT2D eigenvalue weighted by atomic mass is 9.71. The van der Waals surface area contributed by atoms with Crippen molar-refractivity contribution in [2.75, 3.05) is 13.1 Å². The van der Waals surface area contributed by atoms with Crippen LogP contribution < -0.4 is 4.74 Å². The molecule has 2 unspecified atom stereocenters. The molecule has 4 heterocycles. The van der Waals surface area contributed by atoms with Crippen LogP contribution in [0.25, 0.3) is 0 Å². The van der Waals surface area contributed by atoms with Gasteiger partial charge in [-0.25, -0.2) is 9.97 Å². The van der Waals surface area contributed by atoms with Gasteiger partial charge in [-0.3, -0.25) is 0 Å². The first-order valence-electron chi connectivity index (χ1n) is 6.25. The molecule has 1 aromatic heterocycles. The molecule has 0 spiro atoms. The summed E-state index contributed by atoms with van der Waals surface area (Å²) >= 11 is 0. The summed E-state index contributed by atoms with van der Waals surface area (Å²) in [5.41, 5.74) is 1.47. The Bertz CT molecular complexity index is 459. The molecule has 1 saturated carbocycles. The molecular formula is C13H15N3O. The maximum atomic E-state index is 6.07. The third kappa shape index (κ3) is 1.51. The molecule has 17 heavy (non-hydrogen) atoms. The van der Waals surface area contributed by atoms with Crippen LogP contribution in [0.3, 0.4) is 0 Å². The van der Waals surface area contributed by atoms with Crippen LogP contribution in [-0.2, 0) is 0 Å². The van der Waals surface area contributed by atoms with E-state index in [1.165, 1.54) is 31.3 Å². The summed E-state index contributed by atoms with van der Waals surface area (Å²) in [7, 11) is 0. The highest BCUT2D eigenvalue weighted by Crippen LogP contribution is 2.43. The Morgan fingerprint density at radius 3 is 2.88 bits per heavy atom. The molecule has 5 rings (SSSR count). The van der Waals surface area contributed by atoms with Gasteiger partial charge in [0.15, 0.2) is 5.75 Å². The van der Waals surface area contributed by atoms with Crippen molar-refractivity contribution in [1.29, 1.82) is 0 Å². The van der Waals surface area contributed by atoms with Crippen molar-refractivity contribution < 1.29 is 4.74 Å². The van der Waals surface area contributed by atoms with E-state index in [1.54, 1.807) is 12.4 Å². The zero-order valence-corrected chi connectivity index (χ0v) is 9.62. The highest BCUT2D eigenvalue weighted by Gasteiger charge is 2.43. The molecule has 0 aromatic carbocycles. The lowest BCUT2D eigenvalue weighted by Crippen LogP contribution is -2.53. The molecule has 0 amide bonds. The SMILES string of the molecule is C1=C2CC3CC(CN1C3)[C@@H]2Oc1cncnc1. The van der Waals surface area contributed by atoms with Crippen molar-refractivity contribution in [3.05, 3.63) is 30.5 Å². The summed E-state index contributed by atoms with van der Waals surface area (Å²) in [5.74, 6) is 2.31. The lowest BCUT2D eigenvalue weighted by molar-refractivity contribution is 0.0273. The first kappa shape index (κ1) is 9.45. The highest BCUT2D eigenvalue weighted by atomic mass is 16.5. The molecular weight excluding hydrogens is 214 g/mol. The quantitative estimate of drug-likeness (QED) is 0.769. The second kappa shape index (κ2) is 3.45.